The van der Waals surface area contributed by atoms with Crippen LogP contribution in [0.3, 0.4) is 0 Å². The summed E-state index contributed by atoms with van der Waals surface area (Å²) in [6.45, 7) is -0.359. The molecule has 0 saturated carbocycles. The fraction of sp³-hybridized carbons (Fsp3) is 0.267. The number of hydrogen-bond donors (Lipinski definition) is 3. The van der Waals surface area contributed by atoms with Gasteiger partial charge in [0.05, 0.1) is 12.0 Å². The number of carbonyl (C=O) groups is 2. The predicted molar refractivity (Wildman–Crippen MR) is 78.2 cm³/mol. The molecular weight excluding hydrogens is 322 g/mol. The summed E-state index contributed by atoms with van der Waals surface area (Å²) in [5.41, 5.74) is 1.11. The molecule has 24 heavy (non-hydrogen) atoms. The average Bonchev–Trinajstić information content (AvgIpc) is 3.03. The number of urea groups is 1. The van der Waals surface area contributed by atoms with E-state index in [4.69, 9.17) is 5.11 Å². The van der Waals surface area contributed by atoms with Gasteiger partial charge in [-0.1, -0.05) is 12.1 Å². The number of fused-ring (bicyclic) bond motifs is 1. The van der Waals surface area contributed by atoms with Crippen LogP contribution in [-0.4, -0.2) is 45.1 Å². The minimum Gasteiger partial charge on any atom is -0.480 e. The van der Waals surface area contributed by atoms with Crippen molar-refractivity contribution in [2.45, 2.75) is 12.5 Å². The lowest BCUT2D eigenvalue weighted by molar-refractivity contribution is -0.135. The van der Waals surface area contributed by atoms with E-state index in [0.29, 0.717) is 12.1 Å². The molecule has 2 amide bonds. The minimum absolute atomic E-state index is 0.0338. The van der Waals surface area contributed by atoms with E-state index < -0.39 is 36.2 Å². The number of imidazole rings is 1. The fourth-order valence-corrected chi connectivity index (χ4v) is 2.79. The second kappa shape index (κ2) is 6.26. The maximum absolute atomic E-state index is 14.3. The van der Waals surface area contributed by atoms with E-state index in [2.05, 4.69) is 15.3 Å². The summed E-state index contributed by atoms with van der Waals surface area (Å²) in [5, 5.41) is 10.9. The molecule has 7 nitrogen and oxygen atoms in total. The summed E-state index contributed by atoms with van der Waals surface area (Å²) in [4.78, 5) is 31.3. The molecule has 0 unspecified atom stereocenters. The van der Waals surface area contributed by atoms with E-state index in [1.807, 2.05) is 0 Å². The third-order valence-corrected chi connectivity index (χ3v) is 3.85. The van der Waals surface area contributed by atoms with Crippen LogP contribution in [0.1, 0.15) is 23.0 Å². The molecule has 0 bridgehead atoms. The van der Waals surface area contributed by atoms with Gasteiger partial charge in [0.2, 0.25) is 0 Å². The highest BCUT2D eigenvalue weighted by molar-refractivity contribution is 5.80. The number of halogens is 2. The Morgan fingerprint density at radius 3 is 2.96 bits per heavy atom. The van der Waals surface area contributed by atoms with Crippen LogP contribution in [0.15, 0.2) is 24.5 Å². The topological polar surface area (TPSA) is 98.3 Å². The van der Waals surface area contributed by atoms with Gasteiger partial charge in [0.25, 0.3) is 0 Å². The SMILES string of the molecule is O=C(O)CNC(=O)N1CCc2[nH]cnc2[C@H]1c1cccc(F)c1F. The molecule has 0 fully saturated rings. The highest BCUT2D eigenvalue weighted by Gasteiger charge is 2.36. The second-order valence-corrected chi connectivity index (χ2v) is 5.31. The molecule has 126 valence electrons. The highest BCUT2D eigenvalue weighted by atomic mass is 19.2. The third-order valence-electron chi connectivity index (χ3n) is 3.85. The second-order valence-electron chi connectivity index (χ2n) is 5.31. The molecule has 3 rings (SSSR count). The summed E-state index contributed by atoms with van der Waals surface area (Å²) >= 11 is 0. The maximum atomic E-state index is 14.3. The van der Waals surface area contributed by atoms with E-state index in [1.165, 1.54) is 23.4 Å². The van der Waals surface area contributed by atoms with Gasteiger partial charge in [-0.05, 0) is 6.07 Å². The van der Waals surface area contributed by atoms with Crippen LogP contribution in [0, 0.1) is 11.6 Å². The fourth-order valence-electron chi connectivity index (χ4n) is 2.79. The normalized spacial score (nSPS) is 16.6. The Morgan fingerprint density at radius 2 is 2.21 bits per heavy atom. The quantitative estimate of drug-likeness (QED) is 0.790. The standard InChI is InChI=1S/C15H14F2N4O3/c16-9-3-1-2-8(12(9)17)14-13-10(19-7-20-13)4-5-21(14)15(24)18-6-11(22)23/h1-3,7,14H,4-6H2,(H,18,24)(H,19,20)(H,22,23)/t14-/m1/s1. The molecule has 1 aromatic heterocycles. The lowest BCUT2D eigenvalue weighted by Gasteiger charge is -2.35. The van der Waals surface area contributed by atoms with Gasteiger partial charge in [0.15, 0.2) is 11.6 Å². The Kier molecular flexibility index (Phi) is 4.15. The number of aromatic nitrogens is 2. The predicted octanol–water partition coefficient (Wildman–Crippen LogP) is 1.43. The van der Waals surface area contributed by atoms with Crippen molar-refractivity contribution >= 4 is 12.0 Å². The minimum atomic E-state index is -1.20. The molecular formula is C15H14F2N4O3. The van der Waals surface area contributed by atoms with Crippen LogP contribution in [0.4, 0.5) is 13.6 Å². The zero-order valence-corrected chi connectivity index (χ0v) is 12.4. The summed E-state index contributed by atoms with van der Waals surface area (Å²) in [6, 6.07) is 2.10. The molecule has 2 aromatic rings. The maximum Gasteiger partial charge on any atom is 0.323 e. The number of benzene rings is 1. The molecule has 2 heterocycles. The van der Waals surface area contributed by atoms with Gasteiger partial charge >= 0.3 is 12.0 Å². The van der Waals surface area contributed by atoms with Crippen molar-refractivity contribution in [3.05, 3.63) is 53.1 Å². The van der Waals surface area contributed by atoms with Gasteiger partial charge in [0, 0.05) is 24.2 Å². The number of nitrogens with one attached hydrogen (secondary N) is 2. The Balaban J connectivity index is 2.01. The zero-order valence-electron chi connectivity index (χ0n) is 12.4. The first-order valence-electron chi connectivity index (χ1n) is 7.21. The Labute approximate surface area is 135 Å². The number of carbonyl (C=O) groups excluding carboxylic acids is 1. The van der Waals surface area contributed by atoms with Crippen molar-refractivity contribution in [1.82, 2.24) is 20.2 Å². The number of H-pyrrole nitrogens is 1. The van der Waals surface area contributed by atoms with Crippen molar-refractivity contribution in [3.63, 3.8) is 0 Å². The smallest absolute Gasteiger partial charge is 0.323 e. The van der Waals surface area contributed by atoms with Crippen LogP contribution in [0.5, 0.6) is 0 Å². The number of amides is 2. The summed E-state index contributed by atoms with van der Waals surface area (Å²) in [7, 11) is 0. The molecule has 0 saturated heterocycles. The van der Waals surface area contributed by atoms with Crippen LogP contribution < -0.4 is 5.32 Å². The van der Waals surface area contributed by atoms with E-state index >= 15 is 0 Å². The average molecular weight is 336 g/mol. The first kappa shape index (κ1) is 15.9. The molecule has 9 heteroatoms. The number of hydrogen-bond acceptors (Lipinski definition) is 3. The van der Waals surface area contributed by atoms with Gasteiger partial charge in [-0.15, -0.1) is 0 Å². The van der Waals surface area contributed by atoms with Crippen LogP contribution in [0.2, 0.25) is 0 Å². The molecule has 1 atom stereocenters. The highest BCUT2D eigenvalue weighted by Crippen LogP contribution is 2.35. The molecule has 0 radical (unpaired) electrons. The molecule has 1 aliphatic heterocycles. The summed E-state index contributed by atoms with van der Waals surface area (Å²) in [5.74, 6) is -3.29. The first-order chi connectivity index (χ1) is 11.5. The number of rotatable bonds is 3. The van der Waals surface area contributed by atoms with Crippen molar-refractivity contribution in [1.29, 1.82) is 0 Å². The number of carboxylic acid groups (broad SMARTS) is 1. The van der Waals surface area contributed by atoms with Crippen molar-refractivity contribution in [2.24, 2.45) is 0 Å². The van der Waals surface area contributed by atoms with E-state index in [-0.39, 0.29) is 12.1 Å². The van der Waals surface area contributed by atoms with Gasteiger partial charge in [0.1, 0.15) is 12.6 Å². The third kappa shape index (κ3) is 2.80. The van der Waals surface area contributed by atoms with Crippen molar-refractivity contribution in [3.8, 4) is 0 Å². The molecule has 3 N–H and O–H groups in total. The number of nitrogens with zero attached hydrogens (tertiary/aromatic N) is 2. The van der Waals surface area contributed by atoms with Gasteiger partial charge in [-0.2, -0.15) is 0 Å². The van der Waals surface area contributed by atoms with Crippen molar-refractivity contribution in [2.75, 3.05) is 13.1 Å². The Bertz CT molecular complexity index is 793. The number of aromatic amines is 1. The van der Waals surface area contributed by atoms with Gasteiger partial charge in [-0.3, -0.25) is 4.79 Å². The first-order valence-corrected chi connectivity index (χ1v) is 7.21. The van der Waals surface area contributed by atoms with Crippen LogP contribution in [-0.2, 0) is 11.2 Å². The largest absolute Gasteiger partial charge is 0.480 e. The summed E-state index contributed by atoms with van der Waals surface area (Å²) < 4.78 is 27.9. The van der Waals surface area contributed by atoms with E-state index in [0.717, 1.165) is 11.8 Å². The zero-order chi connectivity index (χ0) is 17.3. The Morgan fingerprint density at radius 1 is 1.42 bits per heavy atom. The van der Waals surface area contributed by atoms with Gasteiger partial charge < -0.3 is 20.3 Å². The van der Waals surface area contributed by atoms with Gasteiger partial charge in [-0.25, -0.2) is 18.6 Å². The van der Waals surface area contributed by atoms with Crippen LogP contribution in [0.25, 0.3) is 0 Å². The van der Waals surface area contributed by atoms with Crippen molar-refractivity contribution < 1.29 is 23.5 Å². The lowest BCUT2D eigenvalue weighted by Crippen LogP contribution is -2.47. The molecule has 1 aromatic carbocycles. The monoisotopic (exact) mass is 336 g/mol. The number of aliphatic carboxylic acids is 1. The molecule has 0 spiro atoms. The number of carboxylic acids is 1. The molecule has 0 aliphatic carbocycles. The van der Waals surface area contributed by atoms with E-state index in [9.17, 15) is 18.4 Å². The molecule has 1 aliphatic rings. The Hall–Kier alpha value is -2.97. The van der Waals surface area contributed by atoms with Crippen LogP contribution >= 0.6 is 0 Å². The lowest BCUT2D eigenvalue weighted by atomic mass is 9.95. The van der Waals surface area contributed by atoms with E-state index in [1.54, 1.807) is 0 Å². The summed E-state index contributed by atoms with van der Waals surface area (Å²) in [6.07, 6.45) is 1.87.